The zero-order valence-electron chi connectivity index (χ0n) is 12.3. The van der Waals surface area contributed by atoms with Crippen molar-refractivity contribution in [3.63, 3.8) is 0 Å². The van der Waals surface area contributed by atoms with Crippen molar-refractivity contribution in [1.82, 2.24) is 19.9 Å². The predicted octanol–water partition coefficient (Wildman–Crippen LogP) is 4.04. The zero-order chi connectivity index (χ0) is 16.5. The Morgan fingerprint density at radius 1 is 0.917 bits per heavy atom. The van der Waals surface area contributed by atoms with Gasteiger partial charge in [0.1, 0.15) is 5.65 Å². The highest BCUT2D eigenvalue weighted by Gasteiger charge is 2.09. The Hall–Kier alpha value is -3.35. The van der Waals surface area contributed by atoms with Crippen molar-refractivity contribution < 1.29 is 8.78 Å². The van der Waals surface area contributed by atoms with E-state index < -0.39 is 11.6 Å². The van der Waals surface area contributed by atoms with Crippen LogP contribution in [-0.2, 0) is 0 Å². The van der Waals surface area contributed by atoms with E-state index in [4.69, 9.17) is 0 Å². The Labute approximate surface area is 135 Å². The molecule has 0 aliphatic rings. The van der Waals surface area contributed by atoms with Crippen LogP contribution in [0.2, 0.25) is 0 Å². The van der Waals surface area contributed by atoms with Gasteiger partial charge in [0.2, 0.25) is 5.95 Å². The van der Waals surface area contributed by atoms with Crippen LogP contribution in [0.1, 0.15) is 0 Å². The molecule has 3 aromatic heterocycles. The third-order valence-corrected chi connectivity index (χ3v) is 3.57. The summed E-state index contributed by atoms with van der Waals surface area (Å²) in [5.41, 5.74) is 2.73. The third-order valence-electron chi connectivity index (χ3n) is 3.57. The van der Waals surface area contributed by atoms with Crippen molar-refractivity contribution in [3.8, 4) is 11.3 Å². The zero-order valence-corrected chi connectivity index (χ0v) is 12.3. The summed E-state index contributed by atoms with van der Waals surface area (Å²) >= 11 is 0. The van der Waals surface area contributed by atoms with Gasteiger partial charge in [-0.15, -0.1) is 0 Å². The smallest absolute Gasteiger partial charge is 0.227 e. The van der Waals surface area contributed by atoms with Gasteiger partial charge in [-0.3, -0.25) is 0 Å². The molecule has 3 heterocycles. The molecule has 7 heteroatoms. The molecule has 4 aromatic rings. The van der Waals surface area contributed by atoms with Gasteiger partial charge in [-0.1, -0.05) is 0 Å². The van der Waals surface area contributed by atoms with Gasteiger partial charge in [0.25, 0.3) is 0 Å². The monoisotopic (exact) mass is 323 g/mol. The molecule has 4 rings (SSSR count). The highest BCUT2D eigenvalue weighted by atomic mass is 19.2. The van der Waals surface area contributed by atoms with E-state index in [9.17, 15) is 8.78 Å². The first-order chi connectivity index (χ1) is 11.7. The van der Waals surface area contributed by atoms with Crippen LogP contribution in [0.5, 0.6) is 0 Å². The first-order valence-electron chi connectivity index (χ1n) is 7.18. The largest absolute Gasteiger partial charge is 0.346 e. The minimum Gasteiger partial charge on any atom is -0.346 e. The second-order valence-corrected chi connectivity index (χ2v) is 5.12. The maximum absolute atomic E-state index is 13.3. The lowest BCUT2D eigenvalue weighted by Crippen LogP contribution is -1.99. The quantitative estimate of drug-likeness (QED) is 0.597. The van der Waals surface area contributed by atoms with Crippen LogP contribution < -0.4 is 5.32 Å². The lowest BCUT2D eigenvalue weighted by molar-refractivity contribution is 0.509. The fourth-order valence-corrected chi connectivity index (χ4v) is 2.46. The lowest BCUT2D eigenvalue weighted by Gasteiger charge is -2.07. The first kappa shape index (κ1) is 14.3. The number of halogens is 2. The van der Waals surface area contributed by atoms with Crippen LogP contribution in [0.25, 0.3) is 22.3 Å². The molecule has 118 valence electrons. The van der Waals surface area contributed by atoms with Crippen molar-refractivity contribution >= 4 is 22.7 Å². The maximum atomic E-state index is 13.3. The minimum atomic E-state index is -0.931. The normalized spacial score (nSPS) is 10.9. The number of hydrogen-bond donors (Lipinski definition) is 2. The van der Waals surface area contributed by atoms with Gasteiger partial charge in [0.15, 0.2) is 11.6 Å². The summed E-state index contributed by atoms with van der Waals surface area (Å²) in [6.07, 6.45) is 5.10. The summed E-state index contributed by atoms with van der Waals surface area (Å²) in [7, 11) is 0. The van der Waals surface area contributed by atoms with Gasteiger partial charge in [0.05, 0.1) is 5.69 Å². The molecule has 0 saturated heterocycles. The number of hydrogen-bond acceptors (Lipinski definition) is 4. The van der Waals surface area contributed by atoms with Crippen molar-refractivity contribution in [2.45, 2.75) is 0 Å². The molecular weight excluding hydrogens is 312 g/mol. The minimum absolute atomic E-state index is 0.291. The molecule has 0 saturated carbocycles. The Bertz CT molecular complexity index is 1030. The van der Waals surface area contributed by atoms with Crippen molar-refractivity contribution in [2.75, 3.05) is 5.32 Å². The molecule has 0 amide bonds. The summed E-state index contributed by atoms with van der Waals surface area (Å²) in [4.78, 5) is 15.9. The number of rotatable bonds is 3. The van der Waals surface area contributed by atoms with Crippen molar-refractivity contribution in [3.05, 3.63) is 66.6 Å². The van der Waals surface area contributed by atoms with Gasteiger partial charge in [-0.25, -0.2) is 23.7 Å². The molecule has 24 heavy (non-hydrogen) atoms. The second-order valence-electron chi connectivity index (χ2n) is 5.12. The Morgan fingerprint density at radius 2 is 1.79 bits per heavy atom. The number of aromatic amines is 1. The predicted molar refractivity (Wildman–Crippen MR) is 86.8 cm³/mol. The van der Waals surface area contributed by atoms with E-state index >= 15 is 0 Å². The standard InChI is InChI=1S/C17H11F2N5/c18-13-2-1-10(9-14(13)19)23-17-22-8-5-15(24-17)11-3-6-20-16-12(11)4-7-21-16/h1-9H,(H,20,21)(H,22,23,24). The van der Waals surface area contributed by atoms with E-state index in [1.807, 2.05) is 18.3 Å². The average Bonchev–Trinajstić information content (AvgIpc) is 3.07. The van der Waals surface area contributed by atoms with Crippen molar-refractivity contribution in [1.29, 1.82) is 0 Å². The van der Waals surface area contributed by atoms with Gasteiger partial charge in [-0.2, -0.15) is 0 Å². The number of fused-ring (bicyclic) bond motifs is 1. The van der Waals surface area contributed by atoms with E-state index in [2.05, 4.69) is 25.3 Å². The Balaban J connectivity index is 1.71. The summed E-state index contributed by atoms with van der Waals surface area (Å²) < 4.78 is 26.3. The summed E-state index contributed by atoms with van der Waals surface area (Å²) in [5.74, 6) is -1.54. The molecule has 0 aliphatic carbocycles. The highest BCUT2D eigenvalue weighted by molar-refractivity contribution is 5.91. The van der Waals surface area contributed by atoms with E-state index in [1.54, 1.807) is 18.5 Å². The molecule has 5 nitrogen and oxygen atoms in total. The van der Waals surface area contributed by atoms with Gasteiger partial charge in [0, 0.05) is 41.3 Å². The van der Waals surface area contributed by atoms with Crippen LogP contribution >= 0.6 is 0 Å². The molecule has 0 unspecified atom stereocenters. The maximum Gasteiger partial charge on any atom is 0.227 e. The molecule has 0 spiro atoms. The average molecular weight is 323 g/mol. The van der Waals surface area contributed by atoms with Gasteiger partial charge >= 0.3 is 0 Å². The number of aromatic nitrogens is 4. The summed E-state index contributed by atoms with van der Waals surface area (Å²) in [5, 5.41) is 3.81. The molecule has 2 N–H and O–H groups in total. The molecule has 0 radical (unpaired) electrons. The number of nitrogens with one attached hydrogen (secondary N) is 2. The van der Waals surface area contributed by atoms with Crippen LogP contribution in [0.3, 0.4) is 0 Å². The highest BCUT2D eigenvalue weighted by Crippen LogP contribution is 2.26. The SMILES string of the molecule is Fc1ccc(Nc2nccc(-c3ccnc4[nH]ccc34)n2)cc1F. The van der Waals surface area contributed by atoms with Crippen LogP contribution in [0.15, 0.2) is 55.0 Å². The molecular formula is C17H11F2N5. The van der Waals surface area contributed by atoms with E-state index in [0.717, 1.165) is 28.7 Å². The number of anilines is 2. The van der Waals surface area contributed by atoms with Gasteiger partial charge < -0.3 is 10.3 Å². The number of nitrogens with zero attached hydrogens (tertiary/aromatic N) is 3. The Kier molecular flexibility index (Phi) is 3.38. The Morgan fingerprint density at radius 3 is 2.67 bits per heavy atom. The lowest BCUT2D eigenvalue weighted by atomic mass is 10.1. The van der Waals surface area contributed by atoms with Crippen LogP contribution in [0.4, 0.5) is 20.4 Å². The fourth-order valence-electron chi connectivity index (χ4n) is 2.46. The molecule has 0 fully saturated rings. The molecule has 1 aromatic carbocycles. The molecule has 0 atom stereocenters. The number of H-pyrrole nitrogens is 1. The third kappa shape index (κ3) is 2.56. The van der Waals surface area contributed by atoms with Crippen molar-refractivity contribution in [2.24, 2.45) is 0 Å². The van der Waals surface area contributed by atoms with E-state index in [0.29, 0.717) is 17.3 Å². The van der Waals surface area contributed by atoms with E-state index in [-0.39, 0.29) is 0 Å². The summed E-state index contributed by atoms with van der Waals surface area (Å²) in [6, 6.07) is 9.08. The topological polar surface area (TPSA) is 66.5 Å². The molecule has 0 bridgehead atoms. The van der Waals surface area contributed by atoms with Crippen LogP contribution in [0, 0.1) is 11.6 Å². The first-order valence-corrected chi connectivity index (χ1v) is 7.18. The van der Waals surface area contributed by atoms with E-state index in [1.165, 1.54) is 6.07 Å². The number of pyridine rings is 1. The van der Waals surface area contributed by atoms with Gasteiger partial charge in [-0.05, 0) is 30.3 Å². The number of benzene rings is 1. The second kappa shape index (κ2) is 5.69. The van der Waals surface area contributed by atoms with Crippen LogP contribution in [-0.4, -0.2) is 19.9 Å². The molecule has 0 aliphatic heterocycles. The summed E-state index contributed by atoms with van der Waals surface area (Å²) in [6.45, 7) is 0. The fraction of sp³-hybridized carbons (Fsp3) is 0.